The first-order valence-corrected chi connectivity index (χ1v) is 8.31. The molecule has 0 radical (unpaired) electrons. The second-order valence-electron chi connectivity index (χ2n) is 5.26. The minimum atomic E-state index is -2.96. The van der Waals surface area contributed by atoms with Gasteiger partial charge in [0.15, 0.2) is 22.8 Å². The summed E-state index contributed by atoms with van der Waals surface area (Å²) >= 11 is 3.32. The molecule has 4 rings (SSSR count). The Bertz CT molecular complexity index is 1110. The van der Waals surface area contributed by atoms with Gasteiger partial charge in [0.2, 0.25) is 5.89 Å². The maximum Gasteiger partial charge on any atom is 0.387 e. The number of methoxy groups -OCH3 is 1. The zero-order valence-corrected chi connectivity index (χ0v) is 15.2. The summed E-state index contributed by atoms with van der Waals surface area (Å²) in [7, 11) is 1.35. The summed E-state index contributed by atoms with van der Waals surface area (Å²) < 4.78 is 42.3. The second-order valence-corrected chi connectivity index (χ2v) is 6.18. The molecule has 0 fully saturated rings. The van der Waals surface area contributed by atoms with Gasteiger partial charge in [-0.25, -0.2) is 9.50 Å². The quantitative estimate of drug-likeness (QED) is 0.468. The van der Waals surface area contributed by atoms with Gasteiger partial charge in [0, 0.05) is 24.0 Å². The number of rotatable bonds is 5. The van der Waals surface area contributed by atoms with Crippen molar-refractivity contribution >= 4 is 21.6 Å². The standard InChI is InChI=1S/C16H10BrF2N5O3/c1-25-12-4-8(2-3-11(12)26-16(18)19)14-21-22-15(27-14)10-5-13-20-6-9(17)7-24(13)23-10/h2-7,16H,1H3. The predicted octanol–water partition coefficient (Wildman–Crippen LogP) is 3.82. The second kappa shape index (κ2) is 6.91. The van der Waals surface area contributed by atoms with Crippen molar-refractivity contribution in [2.75, 3.05) is 7.11 Å². The van der Waals surface area contributed by atoms with Crippen LogP contribution in [-0.4, -0.2) is 38.5 Å². The van der Waals surface area contributed by atoms with Gasteiger partial charge in [-0.3, -0.25) is 0 Å². The summed E-state index contributed by atoms with van der Waals surface area (Å²) in [6.07, 6.45) is 3.39. The van der Waals surface area contributed by atoms with Crippen LogP contribution in [0.25, 0.3) is 28.7 Å². The predicted molar refractivity (Wildman–Crippen MR) is 92.6 cm³/mol. The first kappa shape index (κ1) is 17.3. The molecule has 0 aliphatic carbocycles. The van der Waals surface area contributed by atoms with Crippen LogP contribution in [0.5, 0.6) is 11.5 Å². The van der Waals surface area contributed by atoms with Gasteiger partial charge >= 0.3 is 6.61 Å². The molecule has 27 heavy (non-hydrogen) atoms. The molecule has 0 N–H and O–H groups in total. The molecular formula is C16H10BrF2N5O3. The van der Waals surface area contributed by atoms with E-state index < -0.39 is 6.61 Å². The number of aromatic nitrogens is 5. The minimum absolute atomic E-state index is 0.0898. The Morgan fingerprint density at radius 2 is 1.96 bits per heavy atom. The molecule has 3 aromatic heterocycles. The van der Waals surface area contributed by atoms with Crippen LogP contribution >= 0.6 is 15.9 Å². The molecule has 0 aliphatic heterocycles. The number of benzene rings is 1. The molecule has 0 aliphatic rings. The van der Waals surface area contributed by atoms with E-state index in [9.17, 15) is 8.78 Å². The molecule has 3 heterocycles. The van der Waals surface area contributed by atoms with E-state index in [1.54, 1.807) is 23.0 Å². The van der Waals surface area contributed by atoms with Crippen LogP contribution in [0.2, 0.25) is 0 Å². The molecule has 0 saturated heterocycles. The van der Waals surface area contributed by atoms with E-state index in [1.165, 1.54) is 25.3 Å². The van der Waals surface area contributed by atoms with E-state index >= 15 is 0 Å². The van der Waals surface area contributed by atoms with Gasteiger partial charge in [-0.1, -0.05) is 0 Å². The third-order valence-corrected chi connectivity index (χ3v) is 3.96. The van der Waals surface area contributed by atoms with Gasteiger partial charge in [-0.05, 0) is 34.1 Å². The lowest BCUT2D eigenvalue weighted by Gasteiger charge is -2.10. The third-order valence-electron chi connectivity index (χ3n) is 3.55. The van der Waals surface area contributed by atoms with Crippen molar-refractivity contribution < 1.29 is 22.7 Å². The first-order chi connectivity index (χ1) is 13.0. The Hall–Kier alpha value is -3.08. The van der Waals surface area contributed by atoms with Crippen LogP contribution in [0, 0.1) is 0 Å². The smallest absolute Gasteiger partial charge is 0.387 e. The molecule has 11 heteroatoms. The zero-order chi connectivity index (χ0) is 19.0. The van der Waals surface area contributed by atoms with E-state index in [-0.39, 0.29) is 23.3 Å². The largest absolute Gasteiger partial charge is 0.493 e. The summed E-state index contributed by atoms with van der Waals surface area (Å²) in [6, 6.07) is 6.03. The fourth-order valence-electron chi connectivity index (χ4n) is 2.40. The number of ether oxygens (including phenoxy) is 2. The lowest BCUT2D eigenvalue weighted by Crippen LogP contribution is -2.03. The summed E-state index contributed by atoms with van der Waals surface area (Å²) in [5, 5.41) is 12.3. The first-order valence-electron chi connectivity index (χ1n) is 7.51. The molecule has 0 atom stereocenters. The van der Waals surface area contributed by atoms with Crippen molar-refractivity contribution in [1.29, 1.82) is 0 Å². The van der Waals surface area contributed by atoms with E-state index in [2.05, 4.69) is 40.9 Å². The molecule has 0 unspecified atom stereocenters. The number of halogens is 3. The van der Waals surface area contributed by atoms with E-state index in [4.69, 9.17) is 9.15 Å². The molecular weight excluding hydrogens is 428 g/mol. The number of hydrogen-bond donors (Lipinski definition) is 0. The van der Waals surface area contributed by atoms with Crippen LogP contribution in [0.4, 0.5) is 8.78 Å². The third kappa shape index (κ3) is 3.45. The molecule has 0 saturated carbocycles. The van der Waals surface area contributed by atoms with Gasteiger partial charge in [0.05, 0.1) is 11.6 Å². The Morgan fingerprint density at radius 1 is 1.15 bits per heavy atom. The zero-order valence-electron chi connectivity index (χ0n) is 13.6. The van der Waals surface area contributed by atoms with Crippen molar-refractivity contribution in [2.45, 2.75) is 6.61 Å². The van der Waals surface area contributed by atoms with E-state index in [0.717, 1.165) is 4.47 Å². The number of fused-ring (bicyclic) bond motifs is 1. The molecule has 1 aromatic carbocycles. The highest BCUT2D eigenvalue weighted by atomic mass is 79.9. The normalized spacial score (nSPS) is 11.3. The fourth-order valence-corrected chi connectivity index (χ4v) is 2.69. The van der Waals surface area contributed by atoms with Crippen molar-refractivity contribution in [3.63, 3.8) is 0 Å². The van der Waals surface area contributed by atoms with E-state index in [1.807, 2.05) is 0 Å². The molecule has 138 valence electrons. The summed E-state index contributed by atoms with van der Waals surface area (Å²) in [5.41, 5.74) is 1.55. The Morgan fingerprint density at radius 3 is 2.74 bits per heavy atom. The maximum atomic E-state index is 12.4. The molecule has 0 bridgehead atoms. The minimum Gasteiger partial charge on any atom is -0.493 e. The monoisotopic (exact) mass is 437 g/mol. The van der Waals surface area contributed by atoms with Crippen LogP contribution in [0.1, 0.15) is 0 Å². The summed E-state index contributed by atoms with van der Waals surface area (Å²) in [4.78, 5) is 4.22. The number of nitrogens with zero attached hydrogens (tertiary/aromatic N) is 5. The average Bonchev–Trinajstić information content (AvgIpc) is 3.27. The van der Waals surface area contributed by atoms with Crippen LogP contribution in [0.3, 0.4) is 0 Å². The SMILES string of the molecule is COc1cc(-c2nnc(-c3cc4ncc(Br)cn4n3)o2)ccc1OC(F)F. The molecule has 4 aromatic rings. The molecule has 8 nitrogen and oxygen atoms in total. The highest BCUT2D eigenvalue weighted by molar-refractivity contribution is 9.10. The Kier molecular flexibility index (Phi) is 4.44. The van der Waals surface area contributed by atoms with Gasteiger partial charge < -0.3 is 13.9 Å². The van der Waals surface area contributed by atoms with Crippen LogP contribution < -0.4 is 9.47 Å². The summed E-state index contributed by atoms with van der Waals surface area (Å²) in [6.45, 7) is -2.96. The lowest BCUT2D eigenvalue weighted by molar-refractivity contribution is -0.0512. The number of alkyl halides is 2. The Labute approximate surface area is 158 Å². The Balaban J connectivity index is 1.67. The van der Waals surface area contributed by atoms with Gasteiger partial charge in [0.25, 0.3) is 5.89 Å². The van der Waals surface area contributed by atoms with Crippen molar-refractivity contribution in [1.82, 2.24) is 24.8 Å². The fraction of sp³-hybridized carbons (Fsp3) is 0.125. The topological polar surface area (TPSA) is 87.6 Å². The van der Waals surface area contributed by atoms with Crippen molar-refractivity contribution in [2.24, 2.45) is 0 Å². The molecule has 0 amide bonds. The lowest BCUT2D eigenvalue weighted by atomic mass is 10.2. The van der Waals surface area contributed by atoms with Gasteiger partial charge in [-0.2, -0.15) is 13.9 Å². The maximum absolute atomic E-state index is 12.4. The van der Waals surface area contributed by atoms with E-state index in [0.29, 0.717) is 16.9 Å². The van der Waals surface area contributed by atoms with Crippen molar-refractivity contribution in [3.8, 4) is 34.5 Å². The van der Waals surface area contributed by atoms with Gasteiger partial charge in [0.1, 0.15) is 0 Å². The average molecular weight is 438 g/mol. The number of hydrogen-bond acceptors (Lipinski definition) is 7. The summed E-state index contributed by atoms with van der Waals surface area (Å²) in [5.74, 6) is 0.402. The van der Waals surface area contributed by atoms with Crippen LogP contribution in [-0.2, 0) is 0 Å². The van der Waals surface area contributed by atoms with Crippen molar-refractivity contribution in [3.05, 3.63) is 41.1 Å². The highest BCUT2D eigenvalue weighted by Gasteiger charge is 2.17. The highest BCUT2D eigenvalue weighted by Crippen LogP contribution is 2.33. The van der Waals surface area contributed by atoms with Gasteiger partial charge in [-0.15, -0.1) is 10.2 Å². The molecule has 0 spiro atoms. The van der Waals surface area contributed by atoms with Crippen LogP contribution in [0.15, 0.2) is 45.5 Å².